The number of halogens is 1. The Balaban J connectivity index is 2.45. The first kappa shape index (κ1) is 8.18. The van der Waals surface area contributed by atoms with Gasteiger partial charge in [-0.3, -0.25) is 5.10 Å². The minimum atomic E-state index is 0.355. The second kappa shape index (κ2) is 3.14. The number of aromatic amines is 1. The Morgan fingerprint density at radius 1 is 1.62 bits per heavy atom. The van der Waals surface area contributed by atoms with Crippen LogP contribution in [0.4, 0.5) is 0 Å². The average molecular weight is 199 g/mol. The third kappa shape index (κ3) is 1.40. The molecule has 7 heteroatoms. The molecule has 0 bridgehead atoms. The number of rotatable bonds is 2. The lowest BCUT2D eigenvalue weighted by atomic mass is 10.2. The van der Waals surface area contributed by atoms with E-state index in [0.29, 0.717) is 11.7 Å². The number of aromatic nitrogens is 6. The number of aryl methyl sites for hydroxylation is 1. The number of nitrogens with one attached hydrogen (secondary N) is 1. The maximum atomic E-state index is 5.68. The summed E-state index contributed by atoms with van der Waals surface area (Å²) in [5.41, 5.74) is 1.60. The van der Waals surface area contributed by atoms with Crippen LogP contribution < -0.4 is 0 Å². The highest BCUT2D eigenvalue weighted by Crippen LogP contribution is 2.17. The molecule has 0 saturated heterocycles. The topological polar surface area (TPSA) is 72.3 Å². The highest BCUT2D eigenvalue weighted by Gasteiger charge is 2.10. The number of tetrazole rings is 1. The largest absolute Gasteiger partial charge is 0.281 e. The Bertz CT molecular complexity index is 405. The summed E-state index contributed by atoms with van der Waals surface area (Å²) in [6.45, 7) is 0. The minimum absolute atomic E-state index is 0.355. The van der Waals surface area contributed by atoms with E-state index in [1.165, 1.54) is 4.80 Å². The van der Waals surface area contributed by atoms with Gasteiger partial charge in [0.15, 0.2) is 0 Å². The predicted octanol–water partition coefficient (Wildman–Crippen LogP) is 0.339. The Kier molecular flexibility index (Phi) is 1.97. The average Bonchev–Trinajstić information content (AvgIpc) is 2.71. The van der Waals surface area contributed by atoms with Crippen LogP contribution >= 0.6 is 11.6 Å². The van der Waals surface area contributed by atoms with E-state index in [4.69, 9.17) is 11.6 Å². The molecule has 2 heterocycles. The van der Waals surface area contributed by atoms with E-state index in [-0.39, 0.29) is 0 Å². The SMILES string of the molecule is Cn1nnc(-c2cn[nH]c2CCl)n1. The molecular weight excluding hydrogens is 192 g/mol. The third-order valence-electron chi connectivity index (χ3n) is 1.60. The Morgan fingerprint density at radius 3 is 3.08 bits per heavy atom. The fourth-order valence-corrected chi connectivity index (χ4v) is 1.20. The quantitative estimate of drug-likeness (QED) is 0.707. The van der Waals surface area contributed by atoms with Crippen molar-refractivity contribution < 1.29 is 0 Å². The van der Waals surface area contributed by atoms with E-state index >= 15 is 0 Å². The van der Waals surface area contributed by atoms with E-state index in [9.17, 15) is 0 Å². The highest BCUT2D eigenvalue weighted by molar-refractivity contribution is 6.17. The van der Waals surface area contributed by atoms with Crippen molar-refractivity contribution in [3.63, 3.8) is 0 Å². The van der Waals surface area contributed by atoms with Gasteiger partial charge in [0, 0.05) is 0 Å². The van der Waals surface area contributed by atoms with Gasteiger partial charge >= 0.3 is 0 Å². The van der Waals surface area contributed by atoms with Crippen LogP contribution in [0.15, 0.2) is 6.20 Å². The Morgan fingerprint density at radius 2 is 2.46 bits per heavy atom. The van der Waals surface area contributed by atoms with Gasteiger partial charge in [-0.2, -0.15) is 9.90 Å². The third-order valence-corrected chi connectivity index (χ3v) is 1.87. The summed E-state index contributed by atoms with van der Waals surface area (Å²) in [6.07, 6.45) is 1.63. The van der Waals surface area contributed by atoms with Crippen LogP contribution in [-0.4, -0.2) is 30.4 Å². The Labute approximate surface area is 78.9 Å². The van der Waals surface area contributed by atoms with Gasteiger partial charge in [0.25, 0.3) is 0 Å². The molecule has 0 aromatic carbocycles. The van der Waals surface area contributed by atoms with E-state index in [1.54, 1.807) is 13.2 Å². The molecule has 0 amide bonds. The lowest BCUT2D eigenvalue weighted by molar-refractivity contribution is 0.630. The molecule has 68 valence electrons. The van der Waals surface area contributed by atoms with Crippen molar-refractivity contribution in [3.05, 3.63) is 11.9 Å². The van der Waals surface area contributed by atoms with Crippen molar-refractivity contribution in [1.29, 1.82) is 0 Å². The molecule has 1 N–H and O–H groups in total. The van der Waals surface area contributed by atoms with Gasteiger partial charge in [-0.15, -0.1) is 21.8 Å². The monoisotopic (exact) mass is 198 g/mol. The van der Waals surface area contributed by atoms with Crippen LogP contribution in [-0.2, 0) is 12.9 Å². The van der Waals surface area contributed by atoms with Crippen LogP contribution in [0.3, 0.4) is 0 Å². The fourth-order valence-electron chi connectivity index (χ4n) is 0.999. The zero-order valence-corrected chi connectivity index (χ0v) is 7.65. The first-order chi connectivity index (χ1) is 6.31. The van der Waals surface area contributed by atoms with Crippen molar-refractivity contribution in [1.82, 2.24) is 30.4 Å². The molecule has 0 radical (unpaired) electrons. The maximum absolute atomic E-state index is 5.68. The summed E-state index contributed by atoms with van der Waals surface area (Å²) in [6, 6.07) is 0. The number of hydrogen-bond acceptors (Lipinski definition) is 4. The summed E-state index contributed by atoms with van der Waals surface area (Å²) in [4.78, 5) is 1.39. The van der Waals surface area contributed by atoms with Crippen molar-refractivity contribution in [3.8, 4) is 11.4 Å². The lowest BCUT2D eigenvalue weighted by Gasteiger charge is -1.90. The summed E-state index contributed by atoms with van der Waals surface area (Å²) in [5.74, 6) is 0.889. The zero-order chi connectivity index (χ0) is 9.26. The minimum Gasteiger partial charge on any atom is -0.281 e. The first-order valence-electron chi connectivity index (χ1n) is 3.64. The smallest absolute Gasteiger partial charge is 0.208 e. The van der Waals surface area contributed by atoms with Crippen molar-refractivity contribution >= 4 is 11.6 Å². The van der Waals surface area contributed by atoms with E-state index in [0.717, 1.165) is 11.3 Å². The summed E-state index contributed by atoms with van der Waals surface area (Å²) < 4.78 is 0. The molecule has 0 unspecified atom stereocenters. The molecule has 2 aromatic heterocycles. The number of hydrogen-bond donors (Lipinski definition) is 1. The van der Waals surface area contributed by atoms with E-state index in [2.05, 4.69) is 25.6 Å². The molecule has 0 aliphatic heterocycles. The molecular formula is C6H7ClN6. The standard InChI is InChI=1S/C6H7ClN6/c1-13-11-6(10-12-13)4-3-8-9-5(4)2-7/h3H,2H2,1H3,(H,8,9). The van der Waals surface area contributed by atoms with Crippen LogP contribution in [0.2, 0.25) is 0 Å². The van der Waals surface area contributed by atoms with Gasteiger partial charge in [0.1, 0.15) is 0 Å². The van der Waals surface area contributed by atoms with Gasteiger partial charge in [-0.1, -0.05) is 0 Å². The van der Waals surface area contributed by atoms with E-state index in [1.807, 2.05) is 0 Å². The normalized spacial score (nSPS) is 10.6. The first-order valence-corrected chi connectivity index (χ1v) is 4.17. The number of nitrogens with zero attached hydrogens (tertiary/aromatic N) is 5. The van der Waals surface area contributed by atoms with Crippen molar-refractivity contribution in [2.45, 2.75) is 5.88 Å². The van der Waals surface area contributed by atoms with Crippen LogP contribution in [0, 0.1) is 0 Å². The van der Waals surface area contributed by atoms with Gasteiger partial charge in [-0.05, 0) is 5.21 Å². The van der Waals surface area contributed by atoms with E-state index < -0.39 is 0 Å². The molecule has 2 rings (SSSR count). The maximum Gasteiger partial charge on any atom is 0.208 e. The molecule has 13 heavy (non-hydrogen) atoms. The number of alkyl halides is 1. The summed E-state index contributed by atoms with van der Waals surface area (Å²) in [7, 11) is 1.71. The van der Waals surface area contributed by atoms with Gasteiger partial charge in [0.05, 0.1) is 30.4 Å². The lowest BCUT2D eigenvalue weighted by Crippen LogP contribution is -1.92. The second-order valence-electron chi connectivity index (χ2n) is 2.50. The Hall–Kier alpha value is -1.43. The molecule has 0 atom stereocenters. The fraction of sp³-hybridized carbons (Fsp3) is 0.333. The van der Waals surface area contributed by atoms with Gasteiger partial charge in [-0.25, -0.2) is 0 Å². The molecule has 0 spiro atoms. The molecule has 0 saturated carbocycles. The molecule has 2 aromatic rings. The molecule has 6 nitrogen and oxygen atoms in total. The summed E-state index contributed by atoms with van der Waals surface area (Å²) in [5, 5.41) is 18.2. The van der Waals surface area contributed by atoms with Crippen LogP contribution in [0.5, 0.6) is 0 Å². The number of H-pyrrole nitrogens is 1. The summed E-state index contributed by atoms with van der Waals surface area (Å²) >= 11 is 5.68. The molecule has 0 fully saturated rings. The molecule has 0 aliphatic rings. The van der Waals surface area contributed by atoms with Gasteiger partial charge < -0.3 is 0 Å². The van der Waals surface area contributed by atoms with Gasteiger partial charge in [0.2, 0.25) is 5.82 Å². The van der Waals surface area contributed by atoms with Crippen LogP contribution in [0.1, 0.15) is 5.69 Å². The highest BCUT2D eigenvalue weighted by atomic mass is 35.5. The van der Waals surface area contributed by atoms with Crippen molar-refractivity contribution in [2.24, 2.45) is 7.05 Å². The van der Waals surface area contributed by atoms with Crippen molar-refractivity contribution in [2.75, 3.05) is 0 Å². The predicted molar refractivity (Wildman–Crippen MR) is 45.9 cm³/mol. The van der Waals surface area contributed by atoms with Crippen LogP contribution in [0.25, 0.3) is 11.4 Å². The zero-order valence-electron chi connectivity index (χ0n) is 6.90. The molecule has 0 aliphatic carbocycles. The second-order valence-corrected chi connectivity index (χ2v) is 2.77.